The SMILES string of the molecule is CCCCCCC/C=C/CCCCCCCC(=O)OCC(COP(=O)(O)OCCN)OC(=O)CCCCCCC/C=C/CCCCCCC. The summed E-state index contributed by atoms with van der Waals surface area (Å²) in [6.07, 6.45) is 36.3. The number of ether oxygens (including phenoxy) is 2. The van der Waals surface area contributed by atoms with Crippen molar-refractivity contribution in [2.24, 2.45) is 5.73 Å². The fourth-order valence-electron chi connectivity index (χ4n) is 5.33. The van der Waals surface area contributed by atoms with Crippen molar-refractivity contribution in [2.75, 3.05) is 26.4 Å². The van der Waals surface area contributed by atoms with Crippen molar-refractivity contribution in [3.63, 3.8) is 0 Å². The monoisotopic (exact) mass is 716 g/mol. The Morgan fingerprint density at radius 3 is 1.45 bits per heavy atom. The third-order valence-corrected chi connectivity index (χ3v) is 9.29. The number of carbonyl (C=O) groups excluding carboxylic acids is 2. The molecular weight excluding hydrogens is 641 g/mol. The molecule has 2 unspecified atom stereocenters. The molecule has 0 bridgehead atoms. The Morgan fingerprint density at radius 2 is 1.00 bits per heavy atom. The summed E-state index contributed by atoms with van der Waals surface area (Å²) in [4.78, 5) is 34.7. The van der Waals surface area contributed by atoms with E-state index in [-0.39, 0.29) is 32.6 Å². The van der Waals surface area contributed by atoms with Crippen LogP contribution in [-0.4, -0.2) is 49.3 Å². The second kappa shape index (κ2) is 36.3. The minimum atomic E-state index is -4.37. The van der Waals surface area contributed by atoms with E-state index in [0.29, 0.717) is 6.42 Å². The molecule has 0 aromatic rings. The Morgan fingerprint density at radius 1 is 0.592 bits per heavy atom. The molecule has 0 heterocycles. The van der Waals surface area contributed by atoms with Gasteiger partial charge in [-0.1, -0.05) is 128 Å². The number of allylic oxidation sites excluding steroid dienone is 4. The van der Waals surface area contributed by atoms with Crippen LogP contribution in [0.25, 0.3) is 0 Å². The van der Waals surface area contributed by atoms with Gasteiger partial charge in [-0.2, -0.15) is 0 Å². The lowest BCUT2D eigenvalue weighted by Gasteiger charge is -2.19. The summed E-state index contributed by atoms with van der Waals surface area (Å²) in [6, 6.07) is 0. The second-order valence-corrected chi connectivity index (χ2v) is 14.6. The quantitative estimate of drug-likeness (QED) is 0.0279. The smallest absolute Gasteiger partial charge is 0.462 e. The zero-order valence-electron chi connectivity index (χ0n) is 31.4. The molecule has 0 rings (SSSR count). The highest BCUT2D eigenvalue weighted by Gasteiger charge is 2.25. The van der Waals surface area contributed by atoms with Crippen LogP contribution in [0, 0.1) is 0 Å². The molecule has 0 saturated carbocycles. The lowest BCUT2D eigenvalue weighted by molar-refractivity contribution is -0.161. The Labute approximate surface area is 300 Å². The Hall–Kier alpha value is -1.51. The molecule has 0 spiro atoms. The number of phosphoric ester groups is 1. The van der Waals surface area contributed by atoms with E-state index >= 15 is 0 Å². The lowest BCUT2D eigenvalue weighted by atomic mass is 10.1. The molecule has 0 aliphatic rings. The molecule has 0 aliphatic carbocycles. The van der Waals surface area contributed by atoms with Crippen molar-refractivity contribution >= 4 is 19.8 Å². The molecule has 0 radical (unpaired) electrons. The highest BCUT2D eigenvalue weighted by molar-refractivity contribution is 7.47. The standard InChI is InChI=1S/C39H74NO8P/c1-3-5-7-9-11-13-15-17-19-21-23-25-27-29-31-38(41)45-35-37(36-47-49(43,44)46-34-33-40)48-39(42)32-30-28-26-24-22-20-18-16-14-12-10-8-6-4-2/h15-18,37H,3-14,19-36,40H2,1-2H3,(H,43,44)/b17-15+,18-16+. The van der Waals surface area contributed by atoms with Crippen LogP contribution >= 0.6 is 7.82 Å². The first-order valence-corrected chi connectivity index (χ1v) is 21.3. The summed E-state index contributed by atoms with van der Waals surface area (Å²) in [5.41, 5.74) is 5.33. The first-order chi connectivity index (χ1) is 23.8. The summed E-state index contributed by atoms with van der Waals surface area (Å²) >= 11 is 0. The molecule has 0 amide bonds. The second-order valence-electron chi connectivity index (χ2n) is 13.1. The Balaban J connectivity index is 4.23. The van der Waals surface area contributed by atoms with E-state index < -0.39 is 32.5 Å². The number of rotatable bonds is 37. The van der Waals surface area contributed by atoms with Gasteiger partial charge in [-0.15, -0.1) is 0 Å². The zero-order valence-corrected chi connectivity index (χ0v) is 32.3. The van der Waals surface area contributed by atoms with Crippen molar-refractivity contribution in [3.05, 3.63) is 24.3 Å². The van der Waals surface area contributed by atoms with Gasteiger partial charge < -0.3 is 20.1 Å². The van der Waals surface area contributed by atoms with Gasteiger partial charge in [0.25, 0.3) is 0 Å². The van der Waals surface area contributed by atoms with E-state index in [1.165, 1.54) is 77.0 Å². The van der Waals surface area contributed by atoms with Crippen LogP contribution < -0.4 is 5.73 Å². The van der Waals surface area contributed by atoms with Crippen molar-refractivity contribution in [2.45, 2.75) is 187 Å². The van der Waals surface area contributed by atoms with Crippen LogP contribution in [0.3, 0.4) is 0 Å². The highest BCUT2D eigenvalue weighted by atomic mass is 31.2. The number of hydrogen-bond donors (Lipinski definition) is 2. The van der Waals surface area contributed by atoms with Gasteiger partial charge in [0.2, 0.25) is 0 Å². The van der Waals surface area contributed by atoms with E-state index in [4.69, 9.17) is 24.3 Å². The summed E-state index contributed by atoms with van der Waals surface area (Å²) in [7, 11) is -4.37. The van der Waals surface area contributed by atoms with Crippen LogP contribution in [-0.2, 0) is 32.7 Å². The van der Waals surface area contributed by atoms with E-state index in [9.17, 15) is 19.0 Å². The maximum atomic E-state index is 12.5. The zero-order chi connectivity index (χ0) is 36.1. The predicted molar refractivity (Wildman–Crippen MR) is 201 cm³/mol. The fourth-order valence-corrected chi connectivity index (χ4v) is 6.09. The third kappa shape index (κ3) is 36.1. The Bertz CT molecular complexity index is 866. The summed E-state index contributed by atoms with van der Waals surface area (Å²) in [6.45, 7) is 3.69. The van der Waals surface area contributed by atoms with E-state index in [1.807, 2.05) is 0 Å². The van der Waals surface area contributed by atoms with Crippen LogP contribution in [0.15, 0.2) is 24.3 Å². The number of esters is 2. The van der Waals surface area contributed by atoms with Crippen LogP contribution in [0.4, 0.5) is 0 Å². The molecule has 3 N–H and O–H groups in total. The predicted octanol–water partition coefficient (Wildman–Crippen LogP) is 10.8. The van der Waals surface area contributed by atoms with Gasteiger partial charge >= 0.3 is 19.8 Å². The van der Waals surface area contributed by atoms with Crippen molar-refractivity contribution in [3.8, 4) is 0 Å². The molecule has 9 nitrogen and oxygen atoms in total. The molecule has 0 saturated heterocycles. The topological polar surface area (TPSA) is 134 Å². The third-order valence-electron chi connectivity index (χ3n) is 8.31. The van der Waals surface area contributed by atoms with Crippen LogP contribution in [0.1, 0.15) is 181 Å². The number of unbranched alkanes of at least 4 members (excludes halogenated alkanes) is 20. The van der Waals surface area contributed by atoms with E-state index in [0.717, 1.165) is 70.6 Å². The van der Waals surface area contributed by atoms with Crippen LogP contribution in [0.2, 0.25) is 0 Å². The van der Waals surface area contributed by atoms with Gasteiger partial charge in [0.15, 0.2) is 6.10 Å². The normalized spacial score (nSPS) is 13.6. The van der Waals surface area contributed by atoms with Gasteiger partial charge in [-0.3, -0.25) is 18.6 Å². The van der Waals surface area contributed by atoms with Gasteiger partial charge in [0.05, 0.1) is 13.2 Å². The first-order valence-electron chi connectivity index (χ1n) is 19.8. The average molecular weight is 716 g/mol. The molecule has 0 fully saturated rings. The van der Waals surface area contributed by atoms with Gasteiger partial charge in [0.1, 0.15) is 6.61 Å². The number of nitrogens with two attached hydrogens (primary N) is 1. The van der Waals surface area contributed by atoms with E-state index in [1.54, 1.807) is 0 Å². The van der Waals surface area contributed by atoms with Crippen molar-refractivity contribution in [1.29, 1.82) is 0 Å². The first kappa shape index (κ1) is 47.5. The van der Waals surface area contributed by atoms with Gasteiger partial charge in [0, 0.05) is 19.4 Å². The molecule has 0 aromatic heterocycles. The maximum Gasteiger partial charge on any atom is 0.472 e. The molecule has 0 aliphatic heterocycles. The number of phosphoric acid groups is 1. The van der Waals surface area contributed by atoms with Crippen LogP contribution in [0.5, 0.6) is 0 Å². The van der Waals surface area contributed by atoms with E-state index in [2.05, 4.69) is 38.2 Å². The lowest BCUT2D eigenvalue weighted by Crippen LogP contribution is -2.29. The number of hydrogen-bond acceptors (Lipinski definition) is 8. The molecule has 49 heavy (non-hydrogen) atoms. The molecule has 10 heteroatoms. The molecule has 0 aromatic carbocycles. The fraction of sp³-hybridized carbons (Fsp3) is 0.846. The van der Waals surface area contributed by atoms with Crippen molar-refractivity contribution in [1.82, 2.24) is 0 Å². The Kier molecular flexibility index (Phi) is 35.2. The highest BCUT2D eigenvalue weighted by Crippen LogP contribution is 2.43. The summed E-state index contributed by atoms with van der Waals surface area (Å²) in [5.74, 6) is -0.847. The molecular formula is C39H74NO8P. The molecule has 288 valence electrons. The average Bonchev–Trinajstić information content (AvgIpc) is 3.08. The van der Waals surface area contributed by atoms with Gasteiger partial charge in [-0.25, -0.2) is 4.57 Å². The van der Waals surface area contributed by atoms with Gasteiger partial charge in [-0.05, 0) is 64.2 Å². The van der Waals surface area contributed by atoms with Crippen molar-refractivity contribution < 1.29 is 37.6 Å². The minimum Gasteiger partial charge on any atom is -0.462 e. The maximum absolute atomic E-state index is 12.5. The summed E-state index contributed by atoms with van der Waals surface area (Å²) in [5, 5.41) is 0. The minimum absolute atomic E-state index is 0.0517. The largest absolute Gasteiger partial charge is 0.472 e. The summed E-state index contributed by atoms with van der Waals surface area (Å²) < 4.78 is 32.7. The molecule has 2 atom stereocenters. The number of carbonyl (C=O) groups is 2.